The molecule has 10 heteroatoms. The summed E-state index contributed by atoms with van der Waals surface area (Å²) in [5, 5.41) is 25.8. The van der Waals surface area contributed by atoms with Crippen molar-refractivity contribution < 1.29 is 14.3 Å². The van der Waals surface area contributed by atoms with Crippen molar-refractivity contribution in [1.82, 2.24) is 14.5 Å². The summed E-state index contributed by atoms with van der Waals surface area (Å²) in [5.74, 6) is 0.946. The average Bonchev–Trinajstić information content (AvgIpc) is 3.41. The molecule has 3 aromatic carbocycles. The Labute approximate surface area is 270 Å². The van der Waals surface area contributed by atoms with Crippen molar-refractivity contribution in [3.8, 4) is 34.8 Å². The van der Waals surface area contributed by atoms with Crippen molar-refractivity contribution in [2.45, 2.75) is 13.0 Å². The summed E-state index contributed by atoms with van der Waals surface area (Å²) in [6.07, 6.45) is 7.84. The molecule has 0 radical (unpaired) electrons. The smallest absolute Gasteiger partial charge is 0.257 e. The number of carbonyl (C=O) groups is 1. The molecular weight excluding hydrogens is 590 g/mol. The molecule has 47 heavy (non-hydrogen) atoms. The molecule has 0 saturated heterocycles. The van der Waals surface area contributed by atoms with E-state index in [-0.39, 0.29) is 11.6 Å². The van der Waals surface area contributed by atoms with E-state index in [2.05, 4.69) is 37.4 Å². The number of nitrogens with one attached hydrogen (secondary N) is 2. The predicted molar refractivity (Wildman–Crippen MR) is 178 cm³/mol. The van der Waals surface area contributed by atoms with Crippen LogP contribution >= 0.6 is 0 Å². The molecule has 3 aromatic heterocycles. The van der Waals surface area contributed by atoms with Crippen LogP contribution in [0, 0.1) is 22.7 Å². The number of carbonyl (C=O) groups excluding carboxylic acids is 1. The number of benzene rings is 3. The fraction of sp³-hybridized carbons (Fsp3) is 0.108. The fourth-order valence-electron chi connectivity index (χ4n) is 5.62. The quantitative estimate of drug-likeness (QED) is 0.180. The van der Waals surface area contributed by atoms with Gasteiger partial charge in [-0.25, -0.2) is 4.98 Å². The first-order valence-corrected chi connectivity index (χ1v) is 15.0. The van der Waals surface area contributed by atoms with E-state index in [0.717, 1.165) is 33.3 Å². The van der Waals surface area contributed by atoms with Crippen molar-refractivity contribution in [1.29, 1.82) is 10.5 Å². The Bertz CT molecular complexity index is 2210. The fourth-order valence-corrected chi connectivity index (χ4v) is 5.62. The third-order valence-corrected chi connectivity index (χ3v) is 7.97. The Morgan fingerprint density at radius 2 is 1.70 bits per heavy atom. The Kier molecular flexibility index (Phi) is 7.89. The monoisotopic (exact) mass is 617 g/mol. The van der Waals surface area contributed by atoms with Crippen LogP contribution in [0.15, 0.2) is 104 Å². The Balaban J connectivity index is 1.09. The zero-order valence-electron chi connectivity index (χ0n) is 25.1. The van der Waals surface area contributed by atoms with Gasteiger partial charge in [0, 0.05) is 36.0 Å². The molecule has 6 aromatic rings. The molecule has 0 saturated carbocycles. The standard InChI is InChI=1S/C37H27N7O3/c38-20-25-3-7-27(8-4-25)46-17-15-44-23-30(28-11-14-40-22-35(28)44)26-6-9-29-32(19-26)42-31-10-5-24(18-33(31)43-37(29)45)12-16-47-36-2-1-13-41-34(36)21-39/h1-11,13-14,18-19,22-23,42H,12,15-17H2,(H,43,45). The van der Waals surface area contributed by atoms with Crippen molar-refractivity contribution in [2.75, 3.05) is 23.8 Å². The van der Waals surface area contributed by atoms with Crippen LogP contribution < -0.4 is 20.1 Å². The number of amides is 1. The van der Waals surface area contributed by atoms with Crippen molar-refractivity contribution in [3.05, 3.63) is 126 Å². The molecule has 2 N–H and O–H groups in total. The molecule has 0 fully saturated rings. The molecule has 0 aliphatic carbocycles. The average molecular weight is 618 g/mol. The highest BCUT2D eigenvalue weighted by molar-refractivity contribution is 6.13. The summed E-state index contributed by atoms with van der Waals surface area (Å²) in [4.78, 5) is 21.7. The molecule has 0 atom stereocenters. The number of pyridine rings is 2. The van der Waals surface area contributed by atoms with Crippen molar-refractivity contribution >= 4 is 33.9 Å². The van der Waals surface area contributed by atoms with Crippen LogP contribution in [-0.2, 0) is 13.0 Å². The summed E-state index contributed by atoms with van der Waals surface area (Å²) in [6, 6.07) is 28.3. The number of ether oxygens (including phenoxy) is 2. The van der Waals surface area contributed by atoms with E-state index < -0.39 is 0 Å². The molecule has 4 heterocycles. The lowest BCUT2D eigenvalue weighted by atomic mass is 10.0. The topological polar surface area (TPSA) is 138 Å². The first kappa shape index (κ1) is 29.1. The van der Waals surface area contributed by atoms with Crippen molar-refractivity contribution in [2.24, 2.45) is 0 Å². The van der Waals surface area contributed by atoms with Gasteiger partial charge < -0.3 is 24.7 Å². The maximum atomic E-state index is 13.3. The maximum absolute atomic E-state index is 13.3. The van der Waals surface area contributed by atoms with Gasteiger partial charge in [0.1, 0.15) is 18.4 Å². The lowest BCUT2D eigenvalue weighted by Gasteiger charge is -2.12. The van der Waals surface area contributed by atoms with Gasteiger partial charge in [-0.05, 0) is 77.9 Å². The number of hydrogen-bond acceptors (Lipinski definition) is 8. The van der Waals surface area contributed by atoms with Gasteiger partial charge >= 0.3 is 0 Å². The highest BCUT2D eigenvalue weighted by Crippen LogP contribution is 2.37. The van der Waals surface area contributed by atoms with Gasteiger partial charge in [0.05, 0.1) is 59.1 Å². The van der Waals surface area contributed by atoms with Gasteiger partial charge in [0.25, 0.3) is 5.91 Å². The number of aromatic nitrogens is 3. The zero-order chi connectivity index (χ0) is 32.2. The van der Waals surface area contributed by atoms with E-state index in [9.17, 15) is 10.1 Å². The molecule has 228 valence electrons. The number of nitrogens with zero attached hydrogens (tertiary/aromatic N) is 5. The summed E-state index contributed by atoms with van der Waals surface area (Å²) < 4.78 is 13.9. The van der Waals surface area contributed by atoms with Gasteiger partial charge in [0.15, 0.2) is 11.4 Å². The van der Waals surface area contributed by atoms with E-state index >= 15 is 0 Å². The summed E-state index contributed by atoms with van der Waals surface area (Å²) in [5.41, 5.74) is 7.45. The number of nitriles is 2. The number of rotatable bonds is 9. The molecule has 0 spiro atoms. The van der Waals surface area contributed by atoms with E-state index in [1.165, 1.54) is 0 Å². The lowest BCUT2D eigenvalue weighted by molar-refractivity contribution is 0.102. The second kappa shape index (κ2) is 12.8. The summed E-state index contributed by atoms with van der Waals surface area (Å²) in [6.45, 7) is 1.39. The first-order chi connectivity index (χ1) is 23.1. The van der Waals surface area contributed by atoms with Crippen LogP contribution in [0.1, 0.15) is 27.2 Å². The summed E-state index contributed by atoms with van der Waals surface area (Å²) in [7, 11) is 0. The molecular formula is C37H27N7O3. The normalized spacial score (nSPS) is 11.7. The van der Waals surface area contributed by atoms with Crippen molar-refractivity contribution in [3.63, 3.8) is 0 Å². The van der Waals surface area contributed by atoms with E-state index in [4.69, 9.17) is 14.7 Å². The minimum atomic E-state index is -0.202. The first-order valence-electron chi connectivity index (χ1n) is 15.0. The van der Waals surface area contributed by atoms with Crippen LogP contribution in [-0.4, -0.2) is 33.7 Å². The number of anilines is 3. The third-order valence-electron chi connectivity index (χ3n) is 7.97. The largest absolute Gasteiger partial charge is 0.492 e. The van der Waals surface area contributed by atoms with Crippen LogP contribution in [0.3, 0.4) is 0 Å². The Hall–Kier alpha value is -6.65. The maximum Gasteiger partial charge on any atom is 0.257 e. The third kappa shape index (κ3) is 6.04. The molecule has 7 rings (SSSR count). The molecule has 0 bridgehead atoms. The predicted octanol–water partition coefficient (Wildman–Crippen LogP) is 6.85. The Morgan fingerprint density at radius 3 is 2.55 bits per heavy atom. The minimum absolute atomic E-state index is 0.202. The molecule has 1 aliphatic heterocycles. The van der Waals surface area contributed by atoms with Gasteiger partial charge in [-0.2, -0.15) is 10.5 Å². The molecule has 1 aliphatic rings. The number of hydrogen-bond donors (Lipinski definition) is 2. The van der Waals surface area contributed by atoms with Crippen LogP contribution in [0.5, 0.6) is 11.5 Å². The van der Waals surface area contributed by atoms with E-state index in [0.29, 0.717) is 60.2 Å². The van der Waals surface area contributed by atoms with Gasteiger partial charge in [-0.3, -0.25) is 9.78 Å². The molecule has 10 nitrogen and oxygen atoms in total. The van der Waals surface area contributed by atoms with Gasteiger partial charge in [-0.1, -0.05) is 12.1 Å². The lowest BCUT2D eigenvalue weighted by Crippen LogP contribution is -2.11. The second-order valence-corrected chi connectivity index (χ2v) is 10.9. The van der Waals surface area contributed by atoms with Gasteiger partial charge in [0.2, 0.25) is 0 Å². The van der Waals surface area contributed by atoms with Crippen LogP contribution in [0.2, 0.25) is 0 Å². The number of fused-ring (bicyclic) bond motifs is 3. The minimum Gasteiger partial charge on any atom is -0.492 e. The van der Waals surface area contributed by atoms with Crippen LogP contribution in [0.25, 0.3) is 22.0 Å². The molecule has 1 amide bonds. The van der Waals surface area contributed by atoms with E-state index in [1.807, 2.05) is 54.7 Å². The van der Waals surface area contributed by atoms with Crippen LogP contribution in [0.4, 0.5) is 17.1 Å². The SMILES string of the molecule is N#Cc1ccc(OCCn2cc(-c3ccc4c(c3)Nc3ccc(CCOc5cccnc5C#N)cc3NC4=O)c3ccncc32)cc1. The second-order valence-electron chi connectivity index (χ2n) is 10.9. The van der Waals surface area contributed by atoms with Gasteiger partial charge in [-0.15, -0.1) is 0 Å². The molecule has 0 unspecified atom stereocenters. The highest BCUT2D eigenvalue weighted by Gasteiger charge is 2.21. The highest BCUT2D eigenvalue weighted by atomic mass is 16.5. The summed E-state index contributed by atoms with van der Waals surface area (Å²) >= 11 is 0. The zero-order valence-corrected chi connectivity index (χ0v) is 25.1. The van der Waals surface area contributed by atoms with E-state index in [1.54, 1.807) is 48.8 Å². The Morgan fingerprint density at radius 1 is 0.809 bits per heavy atom.